The molecule has 124 valence electrons. The van der Waals surface area contributed by atoms with Crippen molar-refractivity contribution in [2.75, 3.05) is 61.1 Å². The summed E-state index contributed by atoms with van der Waals surface area (Å²) in [5, 5.41) is 0. The lowest BCUT2D eigenvalue weighted by Crippen LogP contribution is -2.47. The van der Waals surface area contributed by atoms with Crippen LogP contribution in [-0.4, -0.2) is 70.9 Å². The quantitative estimate of drug-likeness (QED) is 0.844. The first-order chi connectivity index (χ1) is 10.6. The first-order valence-electron chi connectivity index (χ1n) is 7.57. The van der Waals surface area contributed by atoms with Crippen molar-refractivity contribution < 1.29 is 14.2 Å². The minimum absolute atomic E-state index is 0.114. The Morgan fingerprint density at radius 3 is 2.00 bits per heavy atom. The first-order valence-corrected chi connectivity index (χ1v) is 7.57. The molecule has 1 unspecified atom stereocenters. The molecule has 2 N–H and O–H groups in total. The number of hydrogen-bond donors (Lipinski definition) is 1. The Labute approximate surface area is 132 Å². The normalized spacial score (nSPS) is 18.0. The van der Waals surface area contributed by atoms with Gasteiger partial charge in [0.15, 0.2) is 11.5 Å². The van der Waals surface area contributed by atoms with E-state index in [0.717, 1.165) is 37.5 Å². The topological polar surface area (TPSA) is 60.2 Å². The molecule has 0 aliphatic carbocycles. The van der Waals surface area contributed by atoms with E-state index in [-0.39, 0.29) is 6.04 Å². The van der Waals surface area contributed by atoms with Crippen LogP contribution < -0.4 is 19.9 Å². The van der Waals surface area contributed by atoms with Gasteiger partial charge in [-0.3, -0.25) is 4.90 Å². The molecule has 0 amide bonds. The Bertz CT molecular complexity index is 488. The molecule has 1 atom stereocenters. The minimum Gasteiger partial charge on any atom is -0.496 e. The van der Waals surface area contributed by atoms with Crippen LogP contribution in [0.25, 0.3) is 0 Å². The molecule has 0 bridgehead atoms. The summed E-state index contributed by atoms with van der Waals surface area (Å²) in [6.45, 7) is 4.62. The molecule has 2 rings (SSSR count). The van der Waals surface area contributed by atoms with E-state index in [4.69, 9.17) is 19.9 Å². The third-order valence-corrected chi connectivity index (χ3v) is 4.30. The number of rotatable bonds is 6. The molecule has 1 aliphatic rings. The van der Waals surface area contributed by atoms with Crippen LogP contribution in [0, 0.1) is 0 Å². The summed E-state index contributed by atoms with van der Waals surface area (Å²) in [6.07, 6.45) is 0. The molecule has 1 aromatic rings. The van der Waals surface area contributed by atoms with Gasteiger partial charge in [-0.25, -0.2) is 0 Å². The van der Waals surface area contributed by atoms with E-state index in [0.29, 0.717) is 18.0 Å². The van der Waals surface area contributed by atoms with E-state index in [1.165, 1.54) is 0 Å². The van der Waals surface area contributed by atoms with Gasteiger partial charge < -0.3 is 24.8 Å². The fourth-order valence-corrected chi connectivity index (χ4v) is 2.92. The predicted octanol–water partition coefficient (Wildman–Crippen LogP) is 0.960. The van der Waals surface area contributed by atoms with Gasteiger partial charge in [0, 0.05) is 44.4 Å². The molecule has 1 heterocycles. The Hall–Kier alpha value is -1.50. The average molecular weight is 309 g/mol. The predicted molar refractivity (Wildman–Crippen MR) is 87.0 cm³/mol. The SMILES string of the molecule is COc1cc(OC)c(C(CN)N2CCN(C)CC2)cc1OC. The number of hydrogen-bond acceptors (Lipinski definition) is 6. The number of likely N-dealkylation sites (N-methyl/N-ethyl adjacent to an activating group) is 1. The second kappa shape index (κ2) is 7.67. The van der Waals surface area contributed by atoms with Crippen LogP contribution in [0.2, 0.25) is 0 Å². The van der Waals surface area contributed by atoms with E-state index >= 15 is 0 Å². The molecule has 22 heavy (non-hydrogen) atoms. The first kappa shape index (κ1) is 16.9. The monoisotopic (exact) mass is 309 g/mol. The molecule has 1 saturated heterocycles. The van der Waals surface area contributed by atoms with Gasteiger partial charge in [0.2, 0.25) is 0 Å². The van der Waals surface area contributed by atoms with Gasteiger partial charge in [-0.1, -0.05) is 0 Å². The van der Waals surface area contributed by atoms with Crippen molar-refractivity contribution >= 4 is 0 Å². The zero-order valence-corrected chi connectivity index (χ0v) is 14.0. The summed E-state index contributed by atoms with van der Waals surface area (Å²) in [5.41, 5.74) is 7.12. The number of piperazine rings is 1. The van der Waals surface area contributed by atoms with Crippen molar-refractivity contribution in [3.8, 4) is 17.2 Å². The average Bonchev–Trinajstić information content (AvgIpc) is 2.56. The standard InChI is InChI=1S/C16H27N3O3/c1-18-5-7-19(8-6-18)13(11-17)12-9-15(21-3)16(22-4)10-14(12)20-2/h9-10,13H,5-8,11,17H2,1-4H3. The van der Waals surface area contributed by atoms with Crippen molar-refractivity contribution in [2.45, 2.75) is 6.04 Å². The summed E-state index contributed by atoms with van der Waals surface area (Å²) < 4.78 is 16.3. The van der Waals surface area contributed by atoms with Crippen LogP contribution in [-0.2, 0) is 0 Å². The maximum Gasteiger partial charge on any atom is 0.164 e. The van der Waals surface area contributed by atoms with Crippen LogP contribution in [0.5, 0.6) is 17.2 Å². The van der Waals surface area contributed by atoms with Gasteiger partial charge in [0.25, 0.3) is 0 Å². The van der Waals surface area contributed by atoms with Gasteiger partial charge in [-0.05, 0) is 13.1 Å². The third kappa shape index (κ3) is 3.45. The van der Waals surface area contributed by atoms with Crippen molar-refractivity contribution in [3.05, 3.63) is 17.7 Å². The van der Waals surface area contributed by atoms with Crippen LogP contribution in [0.15, 0.2) is 12.1 Å². The fraction of sp³-hybridized carbons (Fsp3) is 0.625. The minimum atomic E-state index is 0.114. The lowest BCUT2D eigenvalue weighted by molar-refractivity contribution is 0.113. The highest BCUT2D eigenvalue weighted by atomic mass is 16.5. The summed E-state index contributed by atoms with van der Waals surface area (Å²) in [5.74, 6) is 2.15. The Kier molecular flexibility index (Phi) is 5.88. The maximum atomic E-state index is 6.07. The highest BCUT2D eigenvalue weighted by molar-refractivity contribution is 5.52. The summed E-state index contributed by atoms with van der Waals surface area (Å²) >= 11 is 0. The molecule has 1 fully saturated rings. The van der Waals surface area contributed by atoms with Crippen molar-refractivity contribution in [2.24, 2.45) is 5.73 Å². The Morgan fingerprint density at radius 1 is 0.955 bits per heavy atom. The molecule has 0 radical (unpaired) electrons. The second-order valence-corrected chi connectivity index (χ2v) is 5.54. The zero-order chi connectivity index (χ0) is 16.1. The van der Waals surface area contributed by atoms with Gasteiger partial charge in [0.1, 0.15) is 5.75 Å². The second-order valence-electron chi connectivity index (χ2n) is 5.54. The van der Waals surface area contributed by atoms with E-state index in [1.54, 1.807) is 21.3 Å². The highest BCUT2D eigenvalue weighted by Gasteiger charge is 2.26. The number of nitrogens with zero attached hydrogens (tertiary/aromatic N) is 2. The number of benzene rings is 1. The fourth-order valence-electron chi connectivity index (χ4n) is 2.92. The van der Waals surface area contributed by atoms with E-state index in [9.17, 15) is 0 Å². The lowest BCUT2D eigenvalue weighted by atomic mass is 10.0. The molecule has 6 nitrogen and oxygen atoms in total. The third-order valence-electron chi connectivity index (χ3n) is 4.30. The van der Waals surface area contributed by atoms with E-state index < -0.39 is 0 Å². The largest absolute Gasteiger partial charge is 0.496 e. The van der Waals surface area contributed by atoms with Gasteiger partial charge in [0.05, 0.1) is 27.4 Å². The van der Waals surface area contributed by atoms with Crippen LogP contribution in [0.3, 0.4) is 0 Å². The van der Waals surface area contributed by atoms with Gasteiger partial charge in [-0.15, -0.1) is 0 Å². The summed E-state index contributed by atoms with van der Waals surface area (Å²) in [4.78, 5) is 4.74. The van der Waals surface area contributed by atoms with E-state index in [2.05, 4.69) is 16.8 Å². The van der Waals surface area contributed by atoms with Crippen molar-refractivity contribution in [1.82, 2.24) is 9.80 Å². The van der Waals surface area contributed by atoms with E-state index in [1.807, 2.05) is 12.1 Å². The molecule has 0 saturated carbocycles. The van der Waals surface area contributed by atoms with Crippen molar-refractivity contribution in [1.29, 1.82) is 0 Å². The maximum absolute atomic E-state index is 6.07. The lowest BCUT2D eigenvalue weighted by Gasteiger charge is -2.38. The van der Waals surface area contributed by atoms with Crippen LogP contribution in [0.1, 0.15) is 11.6 Å². The molecule has 6 heteroatoms. The zero-order valence-electron chi connectivity index (χ0n) is 14.0. The van der Waals surface area contributed by atoms with Crippen LogP contribution in [0.4, 0.5) is 0 Å². The smallest absolute Gasteiger partial charge is 0.164 e. The summed E-state index contributed by atoms with van der Waals surface area (Å²) in [6, 6.07) is 3.96. The molecule has 0 spiro atoms. The molecular weight excluding hydrogens is 282 g/mol. The highest BCUT2D eigenvalue weighted by Crippen LogP contribution is 2.39. The van der Waals surface area contributed by atoms with Crippen LogP contribution >= 0.6 is 0 Å². The Morgan fingerprint density at radius 2 is 1.50 bits per heavy atom. The number of methoxy groups -OCH3 is 3. The van der Waals surface area contributed by atoms with Crippen molar-refractivity contribution in [3.63, 3.8) is 0 Å². The molecule has 1 aromatic carbocycles. The summed E-state index contributed by atoms with van der Waals surface area (Å²) in [7, 11) is 7.08. The Balaban J connectivity index is 2.34. The number of nitrogens with two attached hydrogens (primary N) is 1. The molecule has 0 aromatic heterocycles. The van der Waals surface area contributed by atoms with Gasteiger partial charge in [-0.2, -0.15) is 0 Å². The molecule has 1 aliphatic heterocycles. The van der Waals surface area contributed by atoms with Gasteiger partial charge >= 0.3 is 0 Å². The molecular formula is C16H27N3O3. The number of ether oxygens (including phenoxy) is 3.